The normalized spacial score (nSPS) is 27.5. The minimum absolute atomic E-state index is 0.136. The number of methoxy groups -OCH3 is 1. The molecule has 1 heterocycles. The molecule has 0 aromatic rings. The molecule has 0 bridgehead atoms. The van der Waals surface area contributed by atoms with Gasteiger partial charge in [0, 0.05) is 28.3 Å². The van der Waals surface area contributed by atoms with Crippen LogP contribution < -0.4 is 5.43 Å². The van der Waals surface area contributed by atoms with Crippen molar-refractivity contribution in [2.45, 2.75) is 19.6 Å². The summed E-state index contributed by atoms with van der Waals surface area (Å²) in [4.78, 5) is 25.1. The van der Waals surface area contributed by atoms with Gasteiger partial charge >= 0.3 is 6.09 Å². The largest absolute Gasteiger partial charge is 0.427 e. The molecule has 0 aromatic heterocycles. The molecule has 7 nitrogen and oxygen atoms in total. The van der Waals surface area contributed by atoms with Gasteiger partial charge in [-0.1, -0.05) is 6.92 Å². The highest BCUT2D eigenvalue weighted by atomic mass is 16.6. The molecule has 1 aliphatic rings. The molecule has 0 saturated carbocycles. The van der Waals surface area contributed by atoms with E-state index in [0.29, 0.717) is 6.42 Å². The van der Waals surface area contributed by atoms with Gasteiger partial charge in [-0.05, 0) is 6.42 Å². The second-order valence-corrected chi connectivity index (χ2v) is 4.59. The molecular formula is C11H21N3O4. The fourth-order valence-electron chi connectivity index (χ4n) is 1.98. The van der Waals surface area contributed by atoms with Gasteiger partial charge in [-0.15, -0.1) is 0 Å². The molecule has 0 radical (unpaired) electrons. The molecule has 2 atom stereocenters. The number of hydrogen-bond acceptors (Lipinski definition) is 5. The maximum absolute atomic E-state index is 12.2. The Bertz CT molecular complexity index is 334. The molecule has 0 aliphatic carbocycles. The van der Waals surface area contributed by atoms with Gasteiger partial charge in [0.15, 0.2) is 6.23 Å². The summed E-state index contributed by atoms with van der Waals surface area (Å²) >= 11 is 0. The Balaban J connectivity index is 2.93. The first kappa shape index (κ1) is 14.7. The van der Waals surface area contributed by atoms with E-state index in [1.807, 2.05) is 6.92 Å². The second-order valence-electron chi connectivity index (χ2n) is 4.59. The van der Waals surface area contributed by atoms with E-state index in [1.165, 1.54) is 17.0 Å². The van der Waals surface area contributed by atoms with Gasteiger partial charge < -0.3 is 14.4 Å². The van der Waals surface area contributed by atoms with Crippen LogP contribution in [0.1, 0.15) is 13.3 Å². The number of amides is 2. The smallest absolute Gasteiger partial charge is 0.410 e. The highest BCUT2D eigenvalue weighted by Gasteiger charge is 2.54. The summed E-state index contributed by atoms with van der Waals surface area (Å²) in [5.41, 5.74) is 1.98. The number of hydrazine groups is 1. The topological polar surface area (TPSA) is 71.1 Å². The monoisotopic (exact) mass is 259 g/mol. The predicted molar refractivity (Wildman–Crippen MR) is 64.5 cm³/mol. The molecule has 18 heavy (non-hydrogen) atoms. The second kappa shape index (κ2) is 5.53. The third-order valence-corrected chi connectivity index (χ3v) is 3.16. The van der Waals surface area contributed by atoms with E-state index in [2.05, 4.69) is 5.43 Å². The van der Waals surface area contributed by atoms with Gasteiger partial charge in [-0.3, -0.25) is 9.80 Å². The maximum Gasteiger partial charge on any atom is 0.410 e. The SMILES string of the molecule is CCC1(COC)C(=O)N(C)NC1OC(=O)N(C)C. The number of carbonyl (C=O) groups excluding carboxylic acids is 2. The van der Waals surface area contributed by atoms with Crippen molar-refractivity contribution in [3.63, 3.8) is 0 Å². The standard InChI is InChI=1S/C11H21N3O4/c1-6-11(7-17-5)8(12-14(4)9(11)15)18-10(16)13(2)3/h8,12H,6-7H2,1-5H3. The van der Waals surface area contributed by atoms with Crippen molar-refractivity contribution in [1.29, 1.82) is 0 Å². The first-order valence-corrected chi connectivity index (χ1v) is 5.80. The summed E-state index contributed by atoms with van der Waals surface area (Å²) in [6, 6.07) is 0. The molecule has 1 fully saturated rings. The minimum atomic E-state index is -0.866. The average Bonchev–Trinajstić information content (AvgIpc) is 2.54. The minimum Gasteiger partial charge on any atom is -0.427 e. The van der Waals surface area contributed by atoms with Crippen LogP contribution in [0.15, 0.2) is 0 Å². The third kappa shape index (κ3) is 2.41. The van der Waals surface area contributed by atoms with Crippen LogP contribution in [0.5, 0.6) is 0 Å². The quantitative estimate of drug-likeness (QED) is 0.771. The highest BCUT2D eigenvalue weighted by molar-refractivity contribution is 5.85. The van der Waals surface area contributed by atoms with E-state index in [0.717, 1.165) is 0 Å². The van der Waals surface area contributed by atoms with Crippen molar-refractivity contribution in [1.82, 2.24) is 15.3 Å². The summed E-state index contributed by atoms with van der Waals surface area (Å²) in [6.07, 6.45) is -0.693. The van der Waals surface area contributed by atoms with Crippen molar-refractivity contribution in [3.05, 3.63) is 0 Å². The fourth-order valence-corrected chi connectivity index (χ4v) is 1.98. The Kier molecular flexibility index (Phi) is 4.53. The van der Waals surface area contributed by atoms with Crippen LogP contribution in [0.3, 0.4) is 0 Å². The number of rotatable bonds is 4. The van der Waals surface area contributed by atoms with Crippen molar-refractivity contribution in [2.75, 3.05) is 34.9 Å². The maximum atomic E-state index is 12.2. The first-order valence-electron chi connectivity index (χ1n) is 5.80. The van der Waals surface area contributed by atoms with E-state index in [-0.39, 0.29) is 12.5 Å². The molecular weight excluding hydrogens is 238 g/mol. The van der Waals surface area contributed by atoms with Crippen LogP contribution in [-0.2, 0) is 14.3 Å². The van der Waals surface area contributed by atoms with Crippen molar-refractivity contribution < 1.29 is 19.1 Å². The van der Waals surface area contributed by atoms with Gasteiger partial charge in [0.2, 0.25) is 5.91 Å². The lowest BCUT2D eigenvalue weighted by atomic mass is 9.84. The molecule has 0 spiro atoms. The number of carbonyl (C=O) groups is 2. The molecule has 1 N–H and O–H groups in total. The van der Waals surface area contributed by atoms with E-state index < -0.39 is 17.7 Å². The average molecular weight is 259 g/mol. The number of ether oxygens (including phenoxy) is 2. The zero-order chi connectivity index (χ0) is 13.9. The Morgan fingerprint density at radius 2 is 2.17 bits per heavy atom. The van der Waals surface area contributed by atoms with Crippen LogP contribution in [0.4, 0.5) is 4.79 Å². The molecule has 1 aliphatic heterocycles. The number of nitrogens with one attached hydrogen (secondary N) is 1. The lowest BCUT2D eigenvalue weighted by Gasteiger charge is -2.29. The molecule has 0 aromatic carbocycles. The van der Waals surface area contributed by atoms with Crippen LogP contribution in [0, 0.1) is 5.41 Å². The van der Waals surface area contributed by atoms with Crippen LogP contribution in [0.2, 0.25) is 0 Å². The molecule has 2 unspecified atom stereocenters. The summed E-state index contributed by atoms with van der Waals surface area (Å²) < 4.78 is 10.4. The summed E-state index contributed by atoms with van der Waals surface area (Å²) in [5, 5.41) is 1.34. The Labute approximate surface area is 107 Å². The van der Waals surface area contributed by atoms with Gasteiger partial charge in [-0.2, -0.15) is 5.43 Å². The molecule has 7 heteroatoms. The third-order valence-electron chi connectivity index (χ3n) is 3.16. The van der Waals surface area contributed by atoms with Crippen molar-refractivity contribution in [2.24, 2.45) is 5.41 Å². The summed E-state index contributed by atoms with van der Waals surface area (Å²) in [5.74, 6) is -0.136. The Morgan fingerprint density at radius 3 is 2.61 bits per heavy atom. The van der Waals surface area contributed by atoms with Gasteiger partial charge in [0.05, 0.1) is 6.61 Å². The van der Waals surface area contributed by atoms with Gasteiger partial charge in [0.1, 0.15) is 5.41 Å². The number of nitrogens with zero attached hydrogens (tertiary/aromatic N) is 2. The van der Waals surface area contributed by atoms with E-state index in [1.54, 1.807) is 21.1 Å². The van der Waals surface area contributed by atoms with Gasteiger partial charge in [-0.25, -0.2) is 4.79 Å². The van der Waals surface area contributed by atoms with E-state index >= 15 is 0 Å². The van der Waals surface area contributed by atoms with Crippen LogP contribution >= 0.6 is 0 Å². The van der Waals surface area contributed by atoms with Crippen molar-refractivity contribution >= 4 is 12.0 Å². The molecule has 1 saturated heterocycles. The Hall–Kier alpha value is -1.34. The molecule has 104 valence electrons. The predicted octanol–water partition coefficient (Wildman–Crippen LogP) is 0.0301. The van der Waals surface area contributed by atoms with Crippen molar-refractivity contribution in [3.8, 4) is 0 Å². The lowest BCUT2D eigenvalue weighted by Crippen LogP contribution is -2.47. The Morgan fingerprint density at radius 1 is 1.56 bits per heavy atom. The van der Waals surface area contributed by atoms with E-state index in [9.17, 15) is 9.59 Å². The molecule has 2 amide bonds. The molecule has 1 rings (SSSR count). The fraction of sp³-hybridized carbons (Fsp3) is 0.818. The van der Waals surface area contributed by atoms with Crippen LogP contribution in [-0.4, -0.2) is 63.0 Å². The lowest BCUT2D eigenvalue weighted by molar-refractivity contribution is -0.141. The first-order chi connectivity index (χ1) is 8.39. The zero-order valence-corrected chi connectivity index (χ0v) is 11.5. The summed E-state index contributed by atoms with van der Waals surface area (Å²) in [6.45, 7) is 2.07. The summed E-state index contributed by atoms with van der Waals surface area (Å²) in [7, 11) is 6.30. The van der Waals surface area contributed by atoms with Crippen LogP contribution in [0.25, 0.3) is 0 Å². The highest BCUT2D eigenvalue weighted by Crippen LogP contribution is 2.34. The zero-order valence-electron chi connectivity index (χ0n) is 11.5. The van der Waals surface area contributed by atoms with E-state index in [4.69, 9.17) is 9.47 Å². The number of hydrogen-bond donors (Lipinski definition) is 1. The van der Waals surface area contributed by atoms with Gasteiger partial charge in [0.25, 0.3) is 0 Å².